The van der Waals surface area contributed by atoms with Gasteiger partial charge in [0.2, 0.25) is 0 Å². The molecule has 0 spiro atoms. The van der Waals surface area contributed by atoms with Gasteiger partial charge in [-0.05, 0) is 22.9 Å². The highest BCUT2D eigenvalue weighted by atomic mass is 16.3. The molecule has 0 bridgehead atoms. The first-order valence-electron chi connectivity index (χ1n) is 2.92. The average Bonchev–Trinajstić information content (AvgIpc) is 2.05. The lowest BCUT2D eigenvalue weighted by atomic mass is 10.2. The highest BCUT2D eigenvalue weighted by Gasteiger charge is 1.87. The zero-order valence-electron chi connectivity index (χ0n) is 5.45. The lowest BCUT2D eigenvalue weighted by Crippen LogP contribution is -1.67. The molecule has 0 N–H and O–H groups in total. The second kappa shape index (κ2) is 2.92. The largest absolute Gasteiger partial charge is 0.145 e. The van der Waals surface area contributed by atoms with E-state index in [4.69, 9.17) is 0 Å². The van der Waals surface area contributed by atoms with Gasteiger partial charge in [-0.1, -0.05) is 24.8 Å². The average molecular weight is 133 g/mol. The summed E-state index contributed by atoms with van der Waals surface area (Å²) in [6.45, 7) is 3.58. The molecule has 0 aliphatic rings. The van der Waals surface area contributed by atoms with Crippen LogP contribution in [0.3, 0.4) is 0 Å². The van der Waals surface area contributed by atoms with Crippen molar-refractivity contribution in [3.05, 3.63) is 41.3 Å². The van der Waals surface area contributed by atoms with Gasteiger partial charge in [0.1, 0.15) is 5.69 Å². The molecule has 1 aromatic rings. The molecule has 1 rings (SSSR count). The van der Waals surface area contributed by atoms with E-state index in [1.54, 1.807) is 30.3 Å². The Morgan fingerprint density at radius 2 is 1.90 bits per heavy atom. The molecule has 2 heteroatoms. The molecule has 0 atom stereocenters. The minimum absolute atomic E-state index is 0.450. The third-order valence-corrected chi connectivity index (χ3v) is 1.23. The first-order chi connectivity index (χ1) is 4.86. The molecule has 0 saturated heterocycles. The van der Waals surface area contributed by atoms with E-state index < -0.39 is 0 Å². The number of benzene rings is 1. The molecule has 0 aromatic heterocycles. The van der Waals surface area contributed by atoms with E-state index in [0.29, 0.717) is 5.69 Å². The van der Waals surface area contributed by atoms with Crippen molar-refractivity contribution in [1.29, 1.82) is 0 Å². The summed E-state index contributed by atoms with van der Waals surface area (Å²) in [6.07, 6.45) is 1.72. The molecule has 1 aromatic carbocycles. The predicted molar refractivity (Wildman–Crippen MR) is 42.0 cm³/mol. The van der Waals surface area contributed by atoms with Crippen molar-refractivity contribution >= 4 is 11.8 Å². The van der Waals surface area contributed by atoms with Crippen LogP contribution in [0.5, 0.6) is 0 Å². The maximum absolute atomic E-state index is 9.93. The molecular weight excluding hydrogens is 126 g/mol. The molecule has 0 saturated carbocycles. The summed E-state index contributed by atoms with van der Waals surface area (Å²) in [6, 6.07) is 6.90. The van der Waals surface area contributed by atoms with Crippen molar-refractivity contribution in [1.82, 2.24) is 0 Å². The van der Waals surface area contributed by atoms with Crippen molar-refractivity contribution in [3.8, 4) is 0 Å². The summed E-state index contributed by atoms with van der Waals surface area (Å²) in [7, 11) is 0. The fourth-order valence-electron chi connectivity index (χ4n) is 0.671. The number of hydrogen-bond donors (Lipinski definition) is 0. The van der Waals surface area contributed by atoms with Crippen molar-refractivity contribution in [2.45, 2.75) is 0 Å². The minimum Gasteiger partial charge on any atom is -0.145 e. The quantitative estimate of drug-likeness (QED) is 0.570. The molecule has 0 amide bonds. The Labute approximate surface area is 59.2 Å². The van der Waals surface area contributed by atoms with Crippen LogP contribution in [0.25, 0.3) is 6.08 Å². The Balaban J connectivity index is 3.00. The van der Waals surface area contributed by atoms with Gasteiger partial charge in [0, 0.05) is 0 Å². The lowest BCUT2D eigenvalue weighted by Gasteiger charge is -1.89. The first kappa shape index (κ1) is 6.68. The number of nitroso groups, excluding NO2 is 1. The normalized spacial score (nSPS) is 8.80. The van der Waals surface area contributed by atoms with Crippen LogP contribution in [0.1, 0.15) is 5.56 Å². The molecular formula is C8H7NO. The first-order valence-corrected chi connectivity index (χ1v) is 2.92. The van der Waals surface area contributed by atoms with Gasteiger partial charge in [-0.2, -0.15) is 0 Å². The van der Waals surface area contributed by atoms with Crippen LogP contribution < -0.4 is 0 Å². The standard InChI is InChI=1S/C8H7NO/c1-2-7-3-5-8(9-10)6-4-7/h2-6H,1H2. The van der Waals surface area contributed by atoms with Crippen LogP contribution in [0, 0.1) is 4.91 Å². The fourth-order valence-corrected chi connectivity index (χ4v) is 0.671. The van der Waals surface area contributed by atoms with Crippen molar-refractivity contribution in [3.63, 3.8) is 0 Å². The van der Waals surface area contributed by atoms with Crippen LogP contribution in [0.15, 0.2) is 36.0 Å². The molecule has 10 heavy (non-hydrogen) atoms. The van der Waals surface area contributed by atoms with Gasteiger partial charge >= 0.3 is 0 Å². The van der Waals surface area contributed by atoms with Gasteiger partial charge in [-0.15, -0.1) is 4.91 Å². The van der Waals surface area contributed by atoms with E-state index in [-0.39, 0.29) is 0 Å². The summed E-state index contributed by atoms with van der Waals surface area (Å²) in [4.78, 5) is 9.93. The van der Waals surface area contributed by atoms with Crippen LogP contribution in [0.4, 0.5) is 5.69 Å². The monoisotopic (exact) mass is 133 g/mol. The summed E-state index contributed by atoms with van der Waals surface area (Å²) in [5.74, 6) is 0. The molecule has 0 fully saturated rings. The Morgan fingerprint density at radius 3 is 2.30 bits per heavy atom. The van der Waals surface area contributed by atoms with E-state index in [1.807, 2.05) is 0 Å². The summed E-state index contributed by atoms with van der Waals surface area (Å²) in [5, 5.41) is 2.76. The maximum atomic E-state index is 9.93. The van der Waals surface area contributed by atoms with E-state index >= 15 is 0 Å². The van der Waals surface area contributed by atoms with Crippen LogP contribution in [0.2, 0.25) is 0 Å². The molecule has 0 heterocycles. The van der Waals surface area contributed by atoms with E-state index in [1.165, 1.54) is 0 Å². The zero-order chi connectivity index (χ0) is 7.40. The Hall–Kier alpha value is -1.44. The SMILES string of the molecule is C=Cc1ccc(N=O)cc1. The van der Waals surface area contributed by atoms with E-state index in [0.717, 1.165) is 5.56 Å². The lowest BCUT2D eigenvalue weighted by molar-refractivity contribution is 1.49. The van der Waals surface area contributed by atoms with Crippen LogP contribution in [-0.2, 0) is 0 Å². The molecule has 2 nitrogen and oxygen atoms in total. The summed E-state index contributed by atoms with van der Waals surface area (Å²) < 4.78 is 0. The summed E-state index contributed by atoms with van der Waals surface area (Å²) in [5.41, 5.74) is 1.44. The topological polar surface area (TPSA) is 29.4 Å². The highest BCUT2D eigenvalue weighted by Crippen LogP contribution is 2.12. The van der Waals surface area contributed by atoms with Crippen molar-refractivity contribution in [2.75, 3.05) is 0 Å². The minimum atomic E-state index is 0.450. The third-order valence-electron chi connectivity index (χ3n) is 1.23. The van der Waals surface area contributed by atoms with Gasteiger partial charge < -0.3 is 0 Å². The smallest absolute Gasteiger partial charge is 0.108 e. The van der Waals surface area contributed by atoms with Gasteiger partial charge in [0.25, 0.3) is 0 Å². The number of hydrogen-bond acceptors (Lipinski definition) is 2. The Bertz CT molecular complexity index is 211. The Kier molecular flexibility index (Phi) is 1.95. The fraction of sp³-hybridized carbons (Fsp3) is 0. The van der Waals surface area contributed by atoms with E-state index in [2.05, 4.69) is 11.8 Å². The van der Waals surface area contributed by atoms with Crippen molar-refractivity contribution in [2.24, 2.45) is 5.18 Å². The van der Waals surface area contributed by atoms with Gasteiger partial charge in [0.15, 0.2) is 0 Å². The van der Waals surface area contributed by atoms with E-state index in [9.17, 15) is 4.91 Å². The van der Waals surface area contributed by atoms with Gasteiger partial charge in [-0.25, -0.2) is 0 Å². The molecule has 0 aliphatic heterocycles. The second-order valence-electron chi connectivity index (χ2n) is 1.89. The highest BCUT2D eigenvalue weighted by molar-refractivity contribution is 5.51. The van der Waals surface area contributed by atoms with Crippen molar-refractivity contribution < 1.29 is 0 Å². The van der Waals surface area contributed by atoms with Gasteiger partial charge in [-0.3, -0.25) is 0 Å². The number of rotatable bonds is 2. The second-order valence-corrected chi connectivity index (χ2v) is 1.89. The zero-order valence-corrected chi connectivity index (χ0v) is 5.45. The van der Waals surface area contributed by atoms with Crippen LogP contribution >= 0.6 is 0 Å². The molecule has 0 radical (unpaired) electrons. The molecule has 0 unspecified atom stereocenters. The third kappa shape index (κ3) is 1.29. The van der Waals surface area contributed by atoms with Crippen LogP contribution in [-0.4, -0.2) is 0 Å². The molecule has 0 aliphatic carbocycles. The predicted octanol–water partition coefficient (Wildman–Crippen LogP) is 2.73. The Morgan fingerprint density at radius 1 is 1.30 bits per heavy atom. The number of nitrogens with zero attached hydrogens (tertiary/aromatic N) is 1. The summed E-state index contributed by atoms with van der Waals surface area (Å²) >= 11 is 0. The molecule has 50 valence electrons. The maximum Gasteiger partial charge on any atom is 0.108 e. The van der Waals surface area contributed by atoms with Gasteiger partial charge in [0.05, 0.1) is 0 Å².